The molecule has 0 aliphatic rings. The smallest absolute Gasteiger partial charge is 0.255 e. The van der Waals surface area contributed by atoms with E-state index >= 15 is 0 Å². The predicted molar refractivity (Wildman–Crippen MR) is 97.1 cm³/mol. The topological polar surface area (TPSA) is 79.9 Å². The van der Waals surface area contributed by atoms with Crippen molar-refractivity contribution in [2.75, 3.05) is 6.54 Å². The van der Waals surface area contributed by atoms with Gasteiger partial charge in [-0.1, -0.05) is 32.9 Å². The van der Waals surface area contributed by atoms with Gasteiger partial charge in [0.25, 0.3) is 5.91 Å². The van der Waals surface area contributed by atoms with E-state index in [2.05, 4.69) is 47.1 Å². The minimum absolute atomic E-state index is 0.0288. The Balaban J connectivity index is 1.92. The molecule has 25 heavy (non-hydrogen) atoms. The zero-order chi connectivity index (χ0) is 18.0. The third-order valence-electron chi connectivity index (χ3n) is 3.86. The number of hydrogen-bond acceptors (Lipinski definition) is 4. The van der Waals surface area contributed by atoms with Gasteiger partial charge in [-0.3, -0.25) is 4.79 Å². The van der Waals surface area contributed by atoms with E-state index in [0.717, 1.165) is 0 Å². The van der Waals surface area contributed by atoms with E-state index < -0.39 is 0 Å². The van der Waals surface area contributed by atoms with Crippen LogP contribution in [0.5, 0.6) is 11.6 Å². The third kappa shape index (κ3) is 3.63. The number of hydrogen-bond donors (Lipinski definition) is 2. The number of ether oxygens (including phenoxy) is 1. The molecule has 0 spiro atoms. The van der Waals surface area contributed by atoms with Crippen LogP contribution in [-0.2, 0) is 5.41 Å². The van der Waals surface area contributed by atoms with Crippen LogP contribution < -0.4 is 10.1 Å². The normalized spacial score (nSPS) is 11.5. The first-order chi connectivity index (χ1) is 11.9. The molecule has 0 saturated carbocycles. The number of nitrogens with one attached hydrogen (secondary N) is 2. The lowest BCUT2D eigenvalue weighted by molar-refractivity contribution is 0.0957. The van der Waals surface area contributed by atoms with Crippen LogP contribution in [0.2, 0.25) is 0 Å². The monoisotopic (exact) mass is 338 g/mol. The lowest BCUT2D eigenvalue weighted by atomic mass is 9.87. The molecule has 0 unspecified atom stereocenters. The quantitative estimate of drug-likeness (QED) is 0.758. The Hall–Kier alpha value is -2.89. The van der Waals surface area contributed by atoms with Gasteiger partial charge >= 0.3 is 0 Å². The fraction of sp³-hybridized carbons (Fsp3) is 0.316. The molecule has 6 heteroatoms. The second-order valence-corrected chi connectivity index (χ2v) is 6.85. The van der Waals surface area contributed by atoms with Crippen LogP contribution in [0.15, 0.2) is 36.7 Å². The lowest BCUT2D eigenvalue weighted by Gasteiger charge is -2.19. The molecular formula is C19H22N4O2. The molecule has 0 fully saturated rings. The van der Waals surface area contributed by atoms with E-state index in [1.807, 2.05) is 25.1 Å². The van der Waals surface area contributed by atoms with Crippen molar-refractivity contribution in [1.29, 1.82) is 0 Å². The summed E-state index contributed by atoms with van der Waals surface area (Å²) in [5, 5.41) is 2.77. The van der Waals surface area contributed by atoms with Gasteiger partial charge in [0.1, 0.15) is 11.3 Å². The first-order valence-corrected chi connectivity index (χ1v) is 8.29. The molecule has 6 nitrogen and oxygen atoms in total. The number of benzene rings is 1. The van der Waals surface area contributed by atoms with E-state index in [1.165, 1.54) is 5.56 Å². The Labute approximate surface area is 146 Å². The molecule has 0 aliphatic carbocycles. The van der Waals surface area contributed by atoms with Crippen molar-refractivity contribution < 1.29 is 9.53 Å². The van der Waals surface area contributed by atoms with E-state index in [0.29, 0.717) is 34.9 Å². The van der Waals surface area contributed by atoms with Crippen molar-refractivity contribution in [3.8, 4) is 11.6 Å². The van der Waals surface area contributed by atoms with Crippen molar-refractivity contribution in [2.24, 2.45) is 0 Å². The molecule has 2 N–H and O–H groups in total. The van der Waals surface area contributed by atoms with Gasteiger partial charge in [-0.15, -0.1) is 0 Å². The van der Waals surface area contributed by atoms with E-state index in [-0.39, 0.29) is 11.3 Å². The average molecular weight is 338 g/mol. The van der Waals surface area contributed by atoms with E-state index in [4.69, 9.17) is 4.74 Å². The van der Waals surface area contributed by atoms with Crippen LogP contribution in [0.25, 0.3) is 11.2 Å². The van der Waals surface area contributed by atoms with Crippen LogP contribution in [0.1, 0.15) is 43.6 Å². The molecule has 2 heterocycles. The summed E-state index contributed by atoms with van der Waals surface area (Å²) in [5.74, 6) is 0.856. The summed E-state index contributed by atoms with van der Waals surface area (Å²) < 4.78 is 5.87. The fourth-order valence-electron chi connectivity index (χ4n) is 2.50. The Bertz CT molecular complexity index is 909. The molecule has 1 amide bonds. The summed E-state index contributed by atoms with van der Waals surface area (Å²) in [7, 11) is 0. The summed E-state index contributed by atoms with van der Waals surface area (Å²) in [6, 6.07) is 7.90. The lowest BCUT2D eigenvalue weighted by Crippen LogP contribution is -2.22. The number of aromatic amines is 1. The van der Waals surface area contributed by atoms with E-state index in [1.54, 1.807) is 12.4 Å². The maximum absolute atomic E-state index is 12.1. The Morgan fingerprint density at radius 3 is 2.84 bits per heavy atom. The second-order valence-electron chi connectivity index (χ2n) is 6.85. The van der Waals surface area contributed by atoms with Gasteiger partial charge in [-0.2, -0.15) is 0 Å². The zero-order valence-electron chi connectivity index (χ0n) is 14.9. The fourth-order valence-corrected chi connectivity index (χ4v) is 2.50. The van der Waals surface area contributed by atoms with Crippen molar-refractivity contribution in [1.82, 2.24) is 20.3 Å². The molecule has 1 aromatic carbocycles. The molecular weight excluding hydrogens is 316 g/mol. The van der Waals surface area contributed by atoms with Crippen molar-refractivity contribution in [2.45, 2.75) is 33.1 Å². The molecule has 3 aromatic rings. The predicted octanol–water partition coefficient (Wildman–Crippen LogP) is 3.80. The molecule has 0 saturated heterocycles. The first kappa shape index (κ1) is 17.0. The zero-order valence-corrected chi connectivity index (χ0v) is 14.9. The highest BCUT2D eigenvalue weighted by atomic mass is 16.5. The van der Waals surface area contributed by atoms with Crippen LogP contribution in [-0.4, -0.2) is 27.4 Å². The number of amides is 1. The molecule has 0 bridgehead atoms. The summed E-state index contributed by atoms with van der Waals surface area (Å²) in [6.45, 7) is 8.87. The van der Waals surface area contributed by atoms with Gasteiger partial charge in [0, 0.05) is 12.7 Å². The highest BCUT2D eigenvalue weighted by molar-refractivity contribution is 6.04. The minimum atomic E-state index is -0.185. The molecule has 130 valence electrons. The van der Waals surface area contributed by atoms with Crippen LogP contribution in [0.3, 0.4) is 0 Å². The number of H-pyrrole nitrogens is 1. The van der Waals surface area contributed by atoms with Gasteiger partial charge < -0.3 is 15.0 Å². The summed E-state index contributed by atoms with van der Waals surface area (Å²) in [6.07, 6.45) is 3.16. The molecule has 0 radical (unpaired) electrons. The molecule has 0 atom stereocenters. The highest BCUT2D eigenvalue weighted by Crippen LogP contribution is 2.28. The van der Waals surface area contributed by atoms with Crippen molar-refractivity contribution in [3.63, 3.8) is 0 Å². The SMILES string of the molecule is CCNC(=O)c1c[nH]c2ncc(Oc3cccc(C(C)(C)C)c3)nc12. The Morgan fingerprint density at radius 1 is 1.32 bits per heavy atom. The maximum Gasteiger partial charge on any atom is 0.255 e. The molecule has 2 aromatic heterocycles. The first-order valence-electron chi connectivity index (χ1n) is 8.29. The largest absolute Gasteiger partial charge is 0.437 e. The highest BCUT2D eigenvalue weighted by Gasteiger charge is 2.16. The summed E-state index contributed by atoms with van der Waals surface area (Å²) in [5.41, 5.74) is 2.70. The Kier molecular flexibility index (Phi) is 4.44. The second kappa shape index (κ2) is 6.55. The van der Waals surface area contributed by atoms with Crippen LogP contribution in [0, 0.1) is 0 Å². The van der Waals surface area contributed by atoms with E-state index in [9.17, 15) is 4.79 Å². The van der Waals surface area contributed by atoms with Gasteiger partial charge in [0.15, 0.2) is 5.65 Å². The number of carbonyl (C=O) groups excluding carboxylic acids is 1. The average Bonchev–Trinajstić information content (AvgIpc) is 2.98. The van der Waals surface area contributed by atoms with Crippen LogP contribution >= 0.6 is 0 Å². The van der Waals surface area contributed by atoms with Gasteiger partial charge in [0.05, 0.1) is 11.8 Å². The van der Waals surface area contributed by atoms with Gasteiger partial charge in [-0.05, 0) is 30.0 Å². The summed E-state index contributed by atoms with van der Waals surface area (Å²) in [4.78, 5) is 23.8. The summed E-state index contributed by atoms with van der Waals surface area (Å²) >= 11 is 0. The number of rotatable bonds is 4. The van der Waals surface area contributed by atoms with Crippen LogP contribution in [0.4, 0.5) is 0 Å². The standard InChI is InChI=1S/C19H22N4O2/c1-5-20-18(24)14-10-21-17-16(14)23-15(11-22-17)25-13-8-6-7-12(9-13)19(2,3)4/h6-11H,5H2,1-4H3,(H,20,24)(H,21,22). The number of fused-ring (bicyclic) bond motifs is 1. The number of carbonyl (C=O) groups is 1. The van der Waals surface area contributed by atoms with Crippen molar-refractivity contribution >= 4 is 17.1 Å². The maximum atomic E-state index is 12.1. The molecule has 0 aliphatic heterocycles. The van der Waals surface area contributed by atoms with Gasteiger partial charge in [-0.25, -0.2) is 9.97 Å². The number of aromatic nitrogens is 3. The number of nitrogens with zero attached hydrogens (tertiary/aromatic N) is 2. The van der Waals surface area contributed by atoms with Gasteiger partial charge in [0.2, 0.25) is 5.88 Å². The Morgan fingerprint density at radius 2 is 2.12 bits per heavy atom. The van der Waals surface area contributed by atoms with Crippen molar-refractivity contribution in [3.05, 3.63) is 47.8 Å². The molecule has 3 rings (SSSR count). The minimum Gasteiger partial charge on any atom is -0.437 e. The third-order valence-corrected chi connectivity index (χ3v) is 3.86.